The Labute approximate surface area is 144 Å². The molecule has 0 radical (unpaired) electrons. The van der Waals surface area contributed by atoms with Gasteiger partial charge in [0.2, 0.25) is 0 Å². The van der Waals surface area contributed by atoms with Crippen molar-refractivity contribution in [2.45, 2.75) is 85.6 Å². The summed E-state index contributed by atoms with van der Waals surface area (Å²) in [5.74, 6) is 0.635. The van der Waals surface area contributed by atoms with Gasteiger partial charge in [-0.05, 0) is 55.2 Å². The van der Waals surface area contributed by atoms with Gasteiger partial charge in [0, 0.05) is 6.20 Å². The molecule has 132 valence electrons. The molecule has 0 fully saturated rings. The molecule has 0 spiro atoms. The summed E-state index contributed by atoms with van der Waals surface area (Å²) in [5.41, 5.74) is 2.94. The third-order valence-corrected chi connectivity index (χ3v) is 5.36. The summed E-state index contributed by atoms with van der Waals surface area (Å²) < 4.78 is 0. The van der Waals surface area contributed by atoms with E-state index < -0.39 is 0 Å². The quantitative estimate of drug-likeness (QED) is 0.668. The largest absolute Gasteiger partial charge is 0.309 e. The normalized spacial score (nSPS) is 15.7. The first-order valence-electron chi connectivity index (χ1n) is 9.12. The molecule has 2 nitrogen and oxygen atoms in total. The van der Waals surface area contributed by atoms with Crippen LogP contribution in [0.1, 0.15) is 85.9 Å². The van der Waals surface area contributed by atoms with Crippen LogP contribution in [0.3, 0.4) is 0 Å². The second-order valence-corrected chi connectivity index (χ2v) is 9.19. The summed E-state index contributed by atoms with van der Waals surface area (Å²) in [4.78, 5) is 4.83. The molecule has 0 aliphatic heterocycles. The summed E-state index contributed by atoms with van der Waals surface area (Å²) in [5, 5.41) is 3.47. The van der Waals surface area contributed by atoms with Gasteiger partial charge in [0.05, 0.1) is 11.2 Å². The zero-order valence-corrected chi connectivity index (χ0v) is 16.9. The van der Waals surface area contributed by atoms with E-state index in [-0.39, 0.29) is 11.0 Å². The van der Waals surface area contributed by atoms with Crippen LogP contribution in [-0.4, -0.2) is 12.0 Å². The molecule has 1 aromatic heterocycles. The zero-order valence-electron chi connectivity index (χ0n) is 16.9. The molecule has 1 atom stereocenters. The highest BCUT2D eigenvalue weighted by atomic mass is 15.0. The molecule has 0 bridgehead atoms. The van der Waals surface area contributed by atoms with Crippen LogP contribution in [0.4, 0.5) is 0 Å². The summed E-state index contributed by atoms with van der Waals surface area (Å²) in [7, 11) is 2.03. The van der Waals surface area contributed by atoms with E-state index in [1.165, 1.54) is 18.4 Å². The highest BCUT2D eigenvalue weighted by Gasteiger charge is 2.31. The predicted molar refractivity (Wildman–Crippen MR) is 102 cm³/mol. The van der Waals surface area contributed by atoms with Crippen molar-refractivity contribution in [1.29, 1.82) is 0 Å². The predicted octanol–water partition coefficient (Wildman–Crippen LogP) is 5.67. The Morgan fingerprint density at radius 2 is 1.70 bits per heavy atom. The Morgan fingerprint density at radius 3 is 2.09 bits per heavy atom. The second kappa shape index (κ2) is 7.34. The first-order chi connectivity index (χ1) is 10.5. The molecule has 0 saturated heterocycles. The van der Waals surface area contributed by atoms with Crippen molar-refractivity contribution in [3.8, 4) is 0 Å². The van der Waals surface area contributed by atoms with Gasteiger partial charge in [0.1, 0.15) is 0 Å². The van der Waals surface area contributed by atoms with Crippen LogP contribution in [0, 0.1) is 11.3 Å². The van der Waals surface area contributed by atoms with Crippen molar-refractivity contribution in [2.75, 3.05) is 7.05 Å². The number of pyridine rings is 1. The minimum atomic E-state index is -0.0560. The number of nitrogens with zero attached hydrogens (tertiary/aromatic N) is 1. The number of hydrogen-bond acceptors (Lipinski definition) is 2. The van der Waals surface area contributed by atoms with Crippen LogP contribution in [0.5, 0.6) is 0 Å². The fraction of sp³-hybridized carbons (Fsp3) is 0.762. The average Bonchev–Trinajstić information content (AvgIpc) is 2.45. The maximum atomic E-state index is 4.83. The molecule has 1 unspecified atom stereocenters. The van der Waals surface area contributed by atoms with Crippen molar-refractivity contribution < 1.29 is 0 Å². The second-order valence-electron chi connectivity index (χ2n) is 9.19. The molecule has 23 heavy (non-hydrogen) atoms. The van der Waals surface area contributed by atoms with Crippen molar-refractivity contribution >= 4 is 0 Å². The van der Waals surface area contributed by atoms with Gasteiger partial charge in [-0.3, -0.25) is 4.98 Å². The smallest absolute Gasteiger partial charge is 0.0601 e. The molecule has 2 heteroatoms. The van der Waals surface area contributed by atoms with E-state index >= 15 is 0 Å². The van der Waals surface area contributed by atoms with Gasteiger partial charge in [-0.2, -0.15) is 0 Å². The lowest BCUT2D eigenvalue weighted by Crippen LogP contribution is -2.39. The highest BCUT2D eigenvalue weighted by molar-refractivity contribution is 5.25. The van der Waals surface area contributed by atoms with Crippen LogP contribution < -0.4 is 5.32 Å². The third-order valence-electron chi connectivity index (χ3n) is 5.36. The number of aromatic nitrogens is 1. The molecular formula is C21H38N2. The van der Waals surface area contributed by atoms with Crippen LogP contribution >= 0.6 is 0 Å². The molecule has 1 heterocycles. The monoisotopic (exact) mass is 318 g/mol. The lowest BCUT2D eigenvalue weighted by atomic mass is 9.70. The van der Waals surface area contributed by atoms with Crippen LogP contribution in [0.2, 0.25) is 0 Å². The maximum Gasteiger partial charge on any atom is 0.0601 e. The molecule has 1 aromatic rings. The first-order valence-corrected chi connectivity index (χ1v) is 9.12. The molecule has 0 saturated carbocycles. The van der Waals surface area contributed by atoms with Gasteiger partial charge >= 0.3 is 0 Å². The Bertz CT molecular complexity index is 485. The van der Waals surface area contributed by atoms with Crippen molar-refractivity contribution in [3.63, 3.8) is 0 Å². The fourth-order valence-corrected chi connectivity index (χ4v) is 3.70. The molecule has 0 aromatic carbocycles. The third kappa shape index (κ3) is 5.31. The molecule has 0 amide bonds. The molecule has 1 rings (SSSR count). The van der Waals surface area contributed by atoms with Gasteiger partial charge in [-0.15, -0.1) is 0 Å². The number of rotatable bonds is 8. The van der Waals surface area contributed by atoms with E-state index in [1.54, 1.807) is 0 Å². The number of hydrogen-bond donors (Lipinski definition) is 1. The molecule has 0 aliphatic rings. The van der Waals surface area contributed by atoms with Crippen LogP contribution in [0.15, 0.2) is 18.3 Å². The average molecular weight is 319 g/mol. The van der Waals surface area contributed by atoms with Crippen molar-refractivity contribution in [1.82, 2.24) is 10.3 Å². The van der Waals surface area contributed by atoms with Gasteiger partial charge < -0.3 is 5.32 Å². The Kier molecular flexibility index (Phi) is 6.43. The summed E-state index contributed by atoms with van der Waals surface area (Å²) >= 11 is 0. The molecule has 1 N–H and O–H groups in total. The van der Waals surface area contributed by atoms with Gasteiger partial charge in [-0.25, -0.2) is 0 Å². The van der Waals surface area contributed by atoms with Crippen molar-refractivity contribution in [2.24, 2.45) is 11.3 Å². The van der Waals surface area contributed by atoms with Gasteiger partial charge in [-0.1, -0.05) is 61.0 Å². The van der Waals surface area contributed by atoms with Crippen molar-refractivity contribution in [3.05, 3.63) is 29.6 Å². The molecular weight excluding hydrogens is 280 g/mol. The first kappa shape index (κ1) is 20.2. The van der Waals surface area contributed by atoms with E-state index in [0.29, 0.717) is 11.3 Å². The Morgan fingerprint density at radius 1 is 1.09 bits per heavy atom. The van der Waals surface area contributed by atoms with E-state index in [0.717, 1.165) is 12.1 Å². The zero-order chi connectivity index (χ0) is 17.9. The van der Waals surface area contributed by atoms with E-state index in [1.807, 2.05) is 7.05 Å². The van der Waals surface area contributed by atoms with E-state index in [2.05, 4.69) is 79.0 Å². The van der Waals surface area contributed by atoms with E-state index in [9.17, 15) is 0 Å². The van der Waals surface area contributed by atoms with Crippen LogP contribution in [0.25, 0.3) is 0 Å². The standard InChI is InChI=1S/C21H38N2/c1-10-19(4,5)15-20(6,7)17-11-12-18(23-14-17)21(8,22-9)13-16(2)3/h11-12,14,16,22H,10,13,15H2,1-9H3. The molecule has 0 aliphatic carbocycles. The highest BCUT2D eigenvalue weighted by Crippen LogP contribution is 2.38. The van der Waals surface area contributed by atoms with Crippen LogP contribution in [-0.2, 0) is 11.0 Å². The summed E-state index contributed by atoms with van der Waals surface area (Å²) in [6, 6.07) is 4.50. The fourth-order valence-electron chi connectivity index (χ4n) is 3.70. The number of nitrogens with one attached hydrogen (secondary N) is 1. The maximum absolute atomic E-state index is 4.83. The lowest BCUT2D eigenvalue weighted by molar-refractivity contribution is 0.247. The topological polar surface area (TPSA) is 24.9 Å². The lowest BCUT2D eigenvalue weighted by Gasteiger charge is -2.35. The van der Waals surface area contributed by atoms with Gasteiger partial charge in [0.25, 0.3) is 0 Å². The van der Waals surface area contributed by atoms with Gasteiger partial charge in [0.15, 0.2) is 0 Å². The Balaban J connectivity index is 3.03. The minimum Gasteiger partial charge on any atom is -0.309 e. The Hall–Kier alpha value is -0.890. The SMILES string of the molecule is CCC(C)(C)CC(C)(C)c1ccc(C(C)(CC(C)C)NC)nc1. The van der Waals surface area contributed by atoms with E-state index in [4.69, 9.17) is 4.98 Å². The summed E-state index contributed by atoms with van der Waals surface area (Å²) in [6.45, 7) is 18.5. The summed E-state index contributed by atoms with van der Waals surface area (Å²) in [6.07, 6.45) is 5.56. The minimum absolute atomic E-state index is 0.0560.